The van der Waals surface area contributed by atoms with Gasteiger partial charge in [0, 0.05) is 5.92 Å². The molecule has 1 atom stereocenters. The van der Waals surface area contributed by atoms with Crippen LogP contribution in [0.15, 0.2) is 42.5 Å². The number of nitrogens with one attached hydrogen (secondary N) is 1. The average molecular weight is 234 g/mol. The molecule has 0 saturated carbocycles. The van der Waals surface area contributed by atoms with E-state index in [-0.39, 0.29) is 0 Å². The van der Waals surface area contributed by atoms with Crippen LogP contribution in [0.4, 0.5) is 0 Å². The summed E-state index contributed by atoms with van der Waals surface area (Å²) >= 11 is 0. The molecule has 1 N–H and O–H groups in total. The number of benzene rings is 2. The molecule has 3 aromatic rings. The first-order valence-electron chi connectivity index (χ1n) is 6.35. The van der Waals surface area contributed by atoms with Gasteiger partial charge in [-0.2, -0.15) is 0 Å². The summed E-state index contributed by atoms with van der Waals surface area (Å²) in [4.78, 5) is 8.19. The Morgan fingerprint density at radius 3 is 2.94 bits per heavy atom. The van der Waals surface area contributed by atoms with Crippen molar-refractivity contribution in [1.82, 2.24) is 9.97 Å². The van der Waals surface area contributed by atoms with Crippen LogP contribution < -0.4 is 0 Å². The second-order valence-electron chi connectivity index (χ2n) is 5.10. The maximum atomic E-state index is 4.72. The second-order valence-corrected chi connectivity index (χ2v) is 5.10. The van der Waals surface area contributed by atoms with Crippen molar-refractivity contribution in [2.45, 2.75) is 19.3 Å². The van der Waals surface area contributed by atoms with Crippen LogP contribution in [0.1, 0.15) is 28.4 Å². The maximum Gasteiger partial charge on any atom is 0.115 e. The molecule has 0 bridgehead atoms. The van der Waals surface area contributed by atoms with Gasteiger partial charge in [-0.05, 0) is 42.2 Å². The summed E-state index contributed by atoms with van der Waals surface area (Å²) in [5.74, 6) is 1.56. The highest BCUT2D eigenvalue weighted by atomic mass is 14.9. The first-order chi connectivity index (χ1) is 8.81. The Balaban J connectivity index is 1.81. The van der Waals surface area contributed by atoms with Gasteiger partial charge in [-0.1, -0.05) is 30.3 Å². The Hall–Kier alpha value is -2.09. The molecule has 2 nitrogen and oxygen atoms in total. The third kappa shape index (κ3) is 1.32. The van der Waals surface area contributed by atoms with E-state index in [0.29, 0.717) is 5.92 Å². The number of rotatable bonds is 1. The molecular formula is C16H14N2. The Morgan fingerprint density at radius 1 is 1.17 bits per heavy atom. The first-order valence-corrected chi connectivity index (χ1v) is 6.35. The number of aromatic nitrogens is 2. The number of aryl methyl sites for hydroxylation is 1. The molecular weight excluding hydrogens is 220 g/mol. The summed E-state index contributed by atoms with van der Waals surface area (Å²) in [6, 6.07) is 15.0. The van der Waals surface area contributed by atoms with E-state index in [1.165, 1.54) is 16.7 Å². The molecule has 0 fully saturated rings. The fraction of sp³-hybridized carbons (Fsp3) is 0.188. The van der Waals surface area contributed by atoms with E-state index in [9.17, 15) is 0 Å². The highest BCUT2D eigenvalue weighted by Gasteiger charge is 2.29. The minimum Gasteiger partial charge on any atom is -0.341 e. The van der Waals surface area contributed by atoms with Crippen molar-refractivity contribution < 1.29 is 0 Å². The van der Waals surface area contributed by atoms with Crippen molar-refractivity contribution in [2.75, 3.05) is 0 Å². The van der Waals surface area contributed by atoms with Gasteiger partial charge in [0.05, 0.1) is 11.0 Å². The van der Waals surface area contributed by atoms with Crippen LogP contribution in [0.3, 0.4) is 0 Å². The molecule has 4 rings (SSSR count). The number of fused-ring (bicyclic) bond motifs is 2. The Kier molecular flexibility index (Phi) is 1.90. The van der Waals surface area contributed by atoms with Gasteiger partial charge >= 0.3 is 0 Å². The molecule has 0 aliphatic heterocycles. The zero-order valence-electron chi connectivity index (χ0n) is 10.3. The zero-order chi connectivity index (χ0) is 12.1. The van der Waals surface area contributed by atoms with Crippen molar-refractivity contribution in [3.05, 3.63) is 65.0 Å². The van der Waals surface area contributed by atoms with Crippen LogP contribution >= 0.6 is 0 Å². The largest absolute Gasteiger partial charge is 0.341 e. The van der Waals surface area contributed by atoms with Crippen LogP contribution in [0.2, 0.25) is 0 Å². The molecule has 1 aliphatic carbocycles. The molecule has 0 saturated heterocycles. The Bertz CT molecular complexity index is 740. The molecule has 88 valence electrons. The van der Waals surface area contributed by atoms with E-state index in [4.69, 9.17) is 4.98 Å². The van der Waals surface area contributed by atoms with Crippen molar-refractivity contribution in [3.63, 3.8) is 0 Å². The minimum atomic E-state index is 0.453. The van der Waals surface area contributed by atoms with Gasteiger partial charge < -0.3 is 4.98 Å². The third-order valence-corrected chi connectivity index (χ3v) is 3.84. The predicted octanol–water partition coefficient (Wildman–Crippen LogP) is 3.56. The van der Waals surface area contributed by atoms with Gasteiger partial charge in [0.25, 0.3) is 0 Å². The highest BCUT2D eigenvalue weighted by molar-refractivity contribution is 5.76. The molecule has 1 heterocycles. The van der Waals surface area contributed by atoms with E-state index in [1.54, 1.807) is 0 Å². The lowest BCUT2D eigenvalue weighted by Gasteiger charge is -2.28. The predicted molar refractivity (Wildman–Crippen MR) is 72.8 cm³/mol. The van der Waals surface area contributed by atoms with Crippen LogP contribution in [-0.2, 0) is 6.42 Å². The van der Waals surface area contributed by atoms with Crippen molar-refractivity contribution >= 4 is 11.0 Å². The quantitative estimate of drug-likeness (QED) is 0.685. The number of aromatic amines is 1. The second kappa shape index (κ2) is 3.45. The molecule has 1 unspecified atom stereocenters. The first kappa shape index (κ1) is 9.89. The highest BCUT2D eigenvalue weighted by Crippen LogP contribution is 2.39. The lowest BCUT2D eigenvalue weighted by Crippen LogP contribution is -2.18. The van der Waals surface area contributed by atoms with Crippen LogP contribution in [0, 0.1) is 6.92 Å². The average Bonchev–Trinajstić information content (AvgIpc) is 2.73. The van der Waals surface area contributed by atoms with E-state index in [1.807, 2.05) is 0 Å². The minimum absolute atomic E-state index is 0.453. The van der Waals surface area contributed by atoms with Crippen LogP contribution in [0.25, 0.3) is 11.0 Å². The molecule has 18 heavy (non-hydrogen) atoms. The third-order valence-electron chi connectivity index (χ3n) is 3.84. The van der Waals surface area contributed by atoms with E-state index in [0.717, 1.165) is 23.3 Å². The van der Waals surface area contributed by atoms with E-state index >= 15 is 0 Å². The van der Waals surface area contributed by atoms with Gasteiger partial charge in [-0.3, -0.25) is 0 Å². The molecule has 0 amide bonds. The van der Waals surface area contributed by atoms with Crippen LogP contribution in [0.5, 0.6) is 0 Å². The maximum absolute atomic E-state index is 4.72. The molecule has 0 radical (unpaired) electrons. The van der Waals surface area contributed by atoms with E-state index in [2.05, 4.69) is 54.4 Å². The van der Waals surface area contributed by atoms with E-state index < -0.39 is 0 Å². The number of hydrogen-bond acceptors (Lipinski definition) is 1. The summed E-state index contributed by atoms with van der Waals surface area (Å²) in [5, 5.41) is 0. The van der Waals surface area contributed by atoms with Crippen molar-refractivity contribution in [3.8, 4) is 0 Å². The summed E-state index contributed by atoms with van der Waals surface area (Å²) in [6.07, 6.45) is 1.11. The Labute approximate surface area is 106 Å². The Morgan fingerprint density at radius 2 is 2.06 bits per heavy atom. The molecule has 2 aromatic carbocycles. The number of imidazole rings is 1. The monoisotopic (exact) mass is 234 g/mol. The number of nitrogens with zero attached hydrogens (tertiary/aromatic N) is 1. The number of hydrogen-bond donors (Lipinski definition) is 1. The lowest BCUT2D eigenvalue weighted by molar-refractivity contribution is 0.671. The molecule has 1 aromatic heterocycles. The van der Waals surface area contributed by atoms with Crippen LogP contribution in [-0.4, -0.2) is 9.97 Å². The summed E-state index contributed by atoms with van der Waals surface area (Å²) in [7, 11) is 0. The fourth-order valence-corrected chi connectivity index (χ4v) is 2.81. The molecule has 1 aliphatic rings. The number of H-pyrrole nitrogens is 1. The van der Waals surface area contributed by atoms with Gasteiger partial charge in [0.15, 0.2) is 0 Å². The SMILES string of the molecule is Cc1ccc2nc(C3Cc4ccccc43)[nH]c2c1. The zero-order valence-corrected chi connectivity index (χ0v) is 10.3. The smallest absolute Gasteiger partial charge is 0.115 e. The van der Waals surface area contributed by atoms with Crippen molar-refractivity contribution in [1.29, 1.82) is 0 Å². The normalized spacial score (nSPS) is 17.5. The fourth-order valence-electron chi connectivity index (χ4n) is 2.81. The molecule has 0 spiro atoms. The standard InChI is InChI=1S/C16H14N2/c1-10-6-7-14-15(8-10)18-16(17-14)13-9-11-4-2-3-5-12(11)13/h2-8,13H,9H2,1H3,(H,17,18). The summed E-state index contributed by atoms with van der Waals surface area (Å²) < 4.78 is 0. The summed E-state index contributed by atoms with van der Waals surface area (Å²) in [5.41, 5.74) is 6.37. The lowest BCUT2D eigenvalue weighted by atomic mass is 9.77. The van der Waals surface area contributed by atoms with Crippen molar-refractivity contribution in [2.24, 2.45) is 0 Å². The topological polar surface area (TPSA) is 28.7 Å². The van der Waals surface area contributed by atoms with Gasteiger partial charge in [0.1, 0.15) is 5.82 Å². The van der Waals surface area contributed by atoms with Gasteiger partial charge in [-0.15, -0.1) is 0 Å². The summed E-state index contributed by atoms with van der Waals surface area (Å²) in [6.45, 7) is 2.11. The van der Waals surface area contributed by atoms with Gasteiger partial charge in [0.2, 0.25) is 0 Å². The molecule has 2 heteroatoms. The van der Waals surface area contributed by atoms with Gasteiger partial charge in [-0.25, -0.2) is 4.98 Å².